The Morgan fingerprint density at radius 3 is 2.31 bits per heavy atom. The van der Waals surface area contributed by atoms with Gasteiger partial charge in [-0.15, -0.1) is 0 Å². The van der Waals surface area contributed by atoms with E-state index in [4.69, 9.17) is 11.6 Å². The number of nitrogens with zero attached hydrogens (tertiary/aromatic N) is 1. The first-order chi connectivity index (χ1) is 5.99. The molecule has 1 aromatic rings. The molecule has 13 heavy (non-hydrogen) atoms. The van der Waals surface area contributed by atoms with Crippen LogP contribution < -0.4 is 0 Å². The van der Waals surface area contributed by atoms with Gasteiger partial charge < -0.3 is 0 Å². The first-order valence-corrected chi connectivity index (χ1v) is 5.72. The lowest BCUT2D eigenvalue weighted by Crippen LogP contribution is -1.97. The van der Waals surface area contributed by atoms with Gasteiger partial charge in [0.2, 0.25) is 0 Å². The minimum Gasteiger partial charge on any atom is -0.205 e. The number of benzene rings is 1. The highest BCUT2D eigenvalue weighted by atomic mass is 35.5. The molecule has 0 unspecified atom stereocenters. The van der Waals surface area contributed by atoms with E-state index in [1.807, 2.05) is 6.07 Å². The van der Waals surface area contributed by atoms with Crippen LogP contribution in [0.15, 0.2) is 34.7 Å². The van der Waals surface area contributed by atoms with Crippen molar-refractivity contribution in [3.05, 3.63) is 35.9 Å². The molecule has 70 valence electrons. The summed E-state index contributed by atoms with van der Waals surface area (Å²) in [6.07, 6.45) is 0.998. The predicted octanol–water partition coefficient (Wildman–Crippen LogP) is 1.63. The first-order valence-electron chi connectivity index (χ1n) is 3.50. The van der Waals surface area contributed by atoms with Gasteiger partial charge in [0.15, 0.2) is 0 Å². The molecule has 0 atom stereocenters. The predicted molar refractivity (Wildman–Crippen MR) is 53.7 cm³/mol. The summed E-state index contributed by atoms with van der Waals surface area (Å²) in [5, 5.41) is -0.0110. The highest BCUT2D eigenvalue weighted by Crippen LogP contribution is 2.06. The van der Waals surface area contributed by atoms with Crippen LogP contribution in [0.1, 0.15) is 5.56 Å². The summed E-state index contributed by atoms with van der Waals surface area (Å²) in [5.41, 5.74) is 0.592. The normalized spacial score (nSPS) is 12.9. The average molecular weight is 218 g/mol. The molecule has 0 aromatic heterocycles. The van der Waals surface area contributed by atoms with Crippen molar-refractivity contribution in [1.29, 1.82) is 0 Å². The molecule has 0 spiro atoms. The maximum absolute atomic E-state index is 10.7. The molecular weight excluding hydrogens is 210 g/mol. The summed E-state index contributed by atoms with van der Waals surface area (Å²) in [5.74, 6) is 0. The van der Waals surface area contributed by atoms with Crippen LogP contribution in [0, 0.1) is 0 Å². The fourth-order valence-electron chi connectivity index (χ4n) is 0.774. The van der Waals surface area contributed by atoms with Crippen molar-refractivity contribution in [2.24, 2.45) is 4.40 Å². The Morgan fingerprint density at radius 1 is 1.31 bits per heavy atom. The van der Waals surface area contributed by atoms with Crippen molar-refractivity contribution in [3.63, 3.8) is 0 Å². The fraction of sp³-hybridized carbons (Fsp3) is 0.125. The molecule has 0 amide bonds. The minimum atomic E-state index is -3.42. The van der Waals surface area contributed by atoms with Crippen molar-refractivity contribution in [3.8, 4) is 0 Å². The van der Waals surface area contributed by atoms with Gasteiger partial charge in [0, 0.05) is 5.56 Å². The minimum absolute atomic E-state index is 0.0110. The van der Waals surface area contributed by atoms with Crippen LogP contribution in [-0.4, -0.2) is 19.8 Å². The SMILES string of the molecule is CS(=O)(=O)/N=C(/Cl)c1ccccc1. The average Bonchev–Trinajstić information content (AvgIpc) is 2.03. The van der Waals surface area contributed by atoms with Gasteiger partial charge in [0.25, 0.3) is 10.0 Å². The third-order valence-electron chi connectivity index (χ3n) is 1.26. The highest BCUT2D eigenvalue weighted by Gasteiger charge is 2.03. The second-order valence-corrected chi connectivity index (χ2v) is 4.49. The molecule has 1 rings (SSSR count). The van der Waals surface area contributed by atoms with Gasteiger partial charge in [-0.2, -0.15) is 4.40 Å². The summed E-state index contributed by atoms with van der Waals surface area (Å²) in [7, 11) is -3.42. The van der Waals surface area contributed by atoms with Crippen LogP contribution in [0.2, 0.25) is 0 Å². The van der Waals surface area contributed by atoms with E-state index in [1.54, 1.807) is 24.3 Å². The molecule has 3 nitrogen and oxygen atoms in total. The number of sulfonamides is 1. The maximum atomic E-state index is 10.7. The van der Waals surface area contributed by atoms with E-state index in [1.165, 1.54) is 0 Å². The Hall–Kier alpha value is -0.870. The molecule has 0 radical (unpaired) electrons. The highest BCUT2D eigenvalue weighted by molar-refractivity contribution is 7.89. The van der Waals surface area contributed by atoms with Gasteiger partial charge in [0.05, 0.1) is 6.26 Å². The lowest BCUT2D eigenvalue weighted by Gasteiger charge is -1.95. The van der Waals surface area contributed by atoms with Crippen LogP contribution in [0.5, 0.6) is 0 Å². The van der Waals surface area contributed by atoms with Gasteiger partial charge in [-0.1, -0.05) is 41.9 Å². The monoisotopic (exact) mass is 217 g/mol. The Kier molecular flexibility index (Phi) is 3.06. The zero-order valence-electron chi connectivity index (χ0n) is 6.94. The standard InChI is InChI=1S/C8H8ClNO2S/c1-13(11,12)10-8(9)7-5-3-2-4-6-7/h2-6H,1H3/b10-8+. The Labute approximate surface area is 82.1 Å². The number of rotatable bonds is 2. The third-order valence-corrected chi connectivity index (χ3v) is 2.18. The summed E-state index contributed by atoms with van der Waals surface area (Å²) in [6.45, 7) is 0. The Balaban J connectivity index is 3.06. The van der Waals surface area contributed by atoms with Gasteiger partial charge in [-0.05, 0) is 0 Å². The van der Waals surface area contributed by atoms with Crippen molar-refractivity contribution < 1.29 is 8.42 Å². The van der Waals surface area contributed by atoms with Crippen molar-refractivity contribution >= 4 is 26.8 Å². The van der Waals surface area contributed by atoms with Crippen molar-refractivity contribution in [2.45, 2.75) is 0 Å². The van der Waals surface area contributed by atoms with E-state index in [9.17, 15) is 8.42 Å². The van der Waals surface area contributed by atoms with E-state index in [0.29, 0.717) is 5.56 Å². The smallest absolute Gasteiger partial charge is 0.205 e. The molecule has 0 heterocycles. The molecule has 0 N–H and O–H groups in total. The third kappa shape index (κ3) is 3.57. The molecule has 0 aliphatic heterocycles. The summed E-state index contributed by atoms with van der Waals surface area (Å²) >= 11 is 5.66. The van der Waals surface area contributed by atoms with Gasteiger partial charge in [-0.25, -0.2) is 8.42 Å². The van der Waals surface area contributed by atoms with Crippen molar-refractivity contribution in [1.82, 2.24) is 0 Å². The molecule has 0 bridgehead atoms. The largest absolute Gasteiger partial charge is 0.251 e. The zero-order chi connectivity index (χ0) is 9.90. The molecule has 0 fully saturated rings. The van der Waals surface area contributed by atoms with E-state index in [2.05, 4.69) is 4.40 Å². The number of hydrogen-bond acceptors (Lipinski definition) is 2. The lowest BCUT2D eigenvalue weighted by molar-refractivity contribution is 0.604. The van der Waals surface area contributed by atoms with Gasteiger partial charge in [0.1, 0.15) is 5.17 Å². The first kappa shape index (κ1) is 10.2. The van der Waals surface area contributed by atoms with E-state index in [0.717, 1.165) is 6.26 Å². The van der Waals surface area contributed by atoms with E-state index in [-0.39, 0.29) is 5.17 Å². The van der Waals surface area contributed by atoms with Crippen LogP contribution in [0.25, 0.3) is 0 Å². The topological polar surface area (TPSA) is 46.5 Å². The molecule has 0 aliphatic rings. The van der Waals surface area contributed by atoms with Crippen LogP contribution in [0.4, 0.5) is 0 Å². The second-order valence-electron chi connectivity index (χ2n) is 2.48. The molecule has 0 saturated carbocycles. The fourth-order valence-corrected chi connectivity index (χ4v) is 1.67. The quantitative estimate of drug-likeness (QED) is 0.707. The zero-order valence-corrected chi connectivity index (χ0v) is 8.51. The molecular formula is C8H8ClNO2S. The van der Waals surface area contributed by atoms with Crippen molar-refractivity contribution in [2.75, 3.05) is 6.26 Å². The van der Waals surface area contributed by atoms with Gasteiger partial charge in [-0.3, -0.25) is 0 Å². The van der Waals surface area contributed by atoms with Crippen LogP contribution >= 0.6 is 11.6 Å². The molecule has 5 heteroatoms. The Morgan fingerprint density at radius 2 is 1.85 bits per heavy atom. The second kappa shape index (κ2) is 3.89. The number of hydrogen-bond donors (Lipinski definition) is 0. The maximum Gasteiger partial charge on any atom is 0.251 e. The Bertz CT molecular complexity index is 411. The van der Waals surface area contributed by atoms with Crippen LogP contribution in [-0.2, 0) is 10.0 Å². The van der Waals surface area contributed by atoms with Crippen LogP contribution in [0.3, 0.4) is 0 Å². The van der Waals surface area contributed by atoms with Gasteiger partial charge >= 0.3 is 0 Å². The molecule has 1 aromatic carbocycles. The lowest BCUT2D eigenvalue weighted by atomic mass is 10.2. The molecule has 0 saturated heterocycles. The summed E-state index contributed by atoms with van der Waals surface area (Å²) in [4.78, 5) is 0. The summed E-state index contributed by atoms with van der Waals surface area (Å²) in [6, 6.07) is 8.72. The van der Waals surface area contributed by atoms with E-state index < -0.39 is 10.0 Å². The number of halogens is 1. The van der Waals surface area contributed by atoms with E-state index >= 15 is 0 Å². The molecule has 0 aliphatic carbocycles. The summed E-state index contributed by atoms with van der Waals surface area (Å²) < 4.78 is 24.8.